The molecule has 0 saturated heterocycles. The van der Waals surface area contributed by atoms with E-state index < -0.39 is 0 Å². The van der Waals surface area contributed by atoms with Crippen molar-refractivity contribution >= 4 is 5.69 Å². The van der Waals surface area contributed by atoms with Gasteiger partial charge in [-0.1, -0.05) is 37.3 Å². The molecule has 0 aromatic heterocycles. The molecule has 2 aromatic carbocycles. The summed E-state index contributed by atoms with van der Waals surface area (Å²) in [6.07, 6.45) is 1.53. The Kier molecular flexibility index (Phi) is 4.71. The van der Waals surface area contributed by atoms with Crippen LogP contribution >= 0.6 is 0 Å². The first-order valence-corrected chi connectivity index (χ1v) is 6.64. The van der Waals surface area contributed by atoms with E-state index in [9.17, 15) is 10.1 Å². The van der Waals surface area contributed by atoms with Crippen molar-refractivity contribution in [3.63, 3.8) is 0 Å². The van der Waals surface area contributed by atoms with Crippen molar-refractivity contribution < 1.29 is 9.66 Å². The van der Waals surface area contributed by atoms with Crippen LogP contribution < -0.4 is 4.74 Å². The monoisotopic (exact) mass is 271 g/mol. The summed E-state index contributed by atoms with van der Waals surface area (Å²) in [6.45, 7) is 2.53. The highest BCUT2D eigenvalue weighted by Gasteiger charge is 2.10. The van der Waals surface area contributed by atoms with Crippen molar-refractivity contribution in [3.8, 4) is 5.75 Å². The molecule has 0 spiro atoms. The third-order valence-electron chi connectivity index (χ3n) is 3.13. The van der Waals surface area contributed by atoms with E-state index in [1.165, 1.54) is 11.6 Å². The van der Waals surface area contributed by atoms with Crippen LogP contribution in [0.2, 0.25) is 0 Å². The highest BCUT2D eigenvalue weighted by molar-refractivity contribution is 5.43. The second kappa shape index (κ2) is 6.70. The smallest absolute Gasteiger partial charge is 0.269 e. The van der Waals surface area contributed by atoms with E-state index >= 15 is 0 Å². The zero-order chi connectivity index (χ0) is 14.4. The fourth-order valence-corrected chi connectivity index (χ4v) is 2.02. The van der Waals surface area contributed by atoms with Gasteiger partial charge in [-0.3, -0.25) is 10.1 Å². The Labute approximate surface area is 118 Å². The average molecular weight is 271 g/mol. The largest absolute Gasteiger partial charge is 0.493 e. The molecule has 0 N–H and O–H groups in total. The van der Waals surface area contributed by atoms with Crippen molar-refractivity contribution in [2.45, 2.75) is 19.8 Å². The van der Waals surface area contributed by atoms with Gasteiger partial charge in [0, 0.05) is 24.1 Å². The van der Waals surface area contributed by atoms with Crippen LogP contribution in [0.4, 0.5) is 5.69 Å². The summed E-state index contributed by atoms with van der Waals surface area (Å²) in [4.78, 5) is 10.4. The summed E-state index contributed by atoms with van der Waals surface area (Å²) in [5.41, 5.74) is 2.19. The molecule has 0 saturated carbocycles. The number of non-ortho nitro benzene ring substituents is 1. The summed E-state index contributed by atoms with van der Waals surface area (Å²) in [5.74, 6) is 0.731. The fourth-order valence-electron chi connectivity index (χ4n) is 2.02. The van der Waals surface area contributed by atoms with Gasteiger partial charge in [-0.05, 0) is 18.1 Å². The minimum absolute atomic E-state index is 0.109. The van der Waals surface area contributed by atoms with E-state index in [2.05, 4.69) is 12.1 Å². The first-order chi connectivity index (χ1) is 9.70. The van der Waals surface area contributed by atoms with Gasteiger partial charge < -0.3 is 4.74 Å². The molecule has 0 amide bonds. The second-order valence-corrected chi connectivity index (χ2v) is 4.49. The maximum absolute atomic E-state index is 10.7. The molecule has 0 aliphatic carbocycles. The molecule has 0 unspecified atom stereocenters. The number of rotatable bonds is 6. The summed E-state index contributed by atoms with van der Waals surface area (Å²) in [5, 5.41) is 10.7. The Hall–Kier alpha value is -2.36. The van der Waals surface area contributed by atoms with Crippen molar-refractivity contribution in [2.75, 3.05) is 6.61 Å². The van der Waals surface area contributed by atoms with E-state index in [0.29, 0.717) is 13.0 Å². The normalized spacial score (nSPS) is 10.2. The molecule has 2 rings (SSSR count). The van der Waals surface area contributed by atoms with Crippen LogP contribution in [0.5, 0.6) is 5.75 Å². The molecule has 0 radical (unpaired) electrons. The zero-order valence-electron chi connectivity index (χ0n) is 11.4. The first-order valence-electron chi connectivity index (χ1n) is 6.64. The van der Waals surface area contributed by atoms with E-state index in [1.54, 1.807) is 12.1 Å². The SMILES string of the molecule is CCc1cc([N+](=O)[O-])ccc1OCCc1ccccc1. The maximum atomic E-state index is 10.7. The molecule has 0 atom stereocenters. The molecular weight excluding hydrogens is 254 g/mol. The van der Waals surface area contributed by atoms with Crippen LogP contribution in [0.1, 0.15) is 18.1 Å². The molecule has 4 heteroatoms. The summed E-state index contributed by atoms with van der Waals surface area (Å²) in [7, 11) is 0. The number of nitro groups is 1. The molecular formula is C16H17NO3. The predicted octanol–water partition coefficient (Wildman–Crippen LogP) is 3.78. The molecule has 20 heavy (non-hydrogen) atoms. The Bertz CT molecular complexity index is 582. The Morgan fingerprint density at radius 3 is 2.55 bits per heavy atom. The topological polar surface area (TPSA) is 52.4 Å². The van der Waals surface area contributed by atoms with Crippen LogP contribution in [-0.4, -0.2) is 11.5 Å². The van der Waals surface area contributed by atoms with Crippen molar-refractivity contribution in [1.29, 1.82) is 0 Å². The quantitative estimate of drug-likeness (QED) is 0.593. The van der Waals surface area contributed by atoms with E-state index in [-0.39, 0.29) is 10.6 Å². The fraction of sp³-hybridized carbons (Fsp3) is 0.250. The third kappa shape index (κ3) is 3.57. The highest BCUT2D eigenvalue weighted by Crippen LogP contribution is 2.24. The molecule has 0 fully saturated rings. The maximum Gasteiger partial charge on any atom is 0.269 e. The average Bonchev–Trinajstić information content (AvgIpc) is 2.48. The number of hydrogen-bond donors (Lipinski definition) is 0. The van der Waals surface area contributed by atoms with Crippen LogP contribution in [0.15, 0.2) is 48.5 Å². The Morgan fingerprint density at radius 2 is 1.90 bits per heavy atom. The molecule has 104 valence electrons. The lowest BCUT2D eigenvalue weighted by Gasteiger charge is -2.10. The molecule has 4 nitrogen and oxygen atoms in total. The van der Waals surface area contributed by atoms with Crippen LogP contribution in [-0.2, 0) is 12.8 Å². The van der Waals surface area contributed by atoms with Gasteiger partial charge in [0.15, 0.2) is 0 Å². The van der Waals surface area contributed by atoms with Crippen LogP contribution in [0.3, 0.4) is 0 Å². The number of ether oxygens (including phenoxy) is 1. The standard InChI is InChI=1S/C16H17NO3/c1-2-14-12-15(17(18)19)8-9-16(14)20-11-10-13-6-4-3-5-7-13/h3-9,12H,2,10-11H2,1H3. The lowest BCUT2D eigenvalue weighted by Crippen LogP contribution is -2.03. The molecule has 0 bridgehead atoms. The Balaban J connectivity index is 2.00. The van der Waals surface area contributed by atoms with Crippen LogP contribution in [0.25, 0.3) is 0 Å². The predicted molar refractivity (Wildman–Crippen MR) is 78.1 cm³/mol. The van der Waals surface area contributed by atoms with Gasteiger partial charge in [-0.25, -0.2) is 0 Å². The minimum Gasteiger partial charge on any atom is -0.493 e. The number of nitrogens with zero attached hydrogens (tertiary/aromatic N) is 1. The zero-order valence-corrected chi connectivity index (χ0v) is 11.4. The summed E-state index contributed by atoms with van der Waals surface area (Å²) in [6, 6.07) is 14.8. The van der Waals surface area contributed by atoms with Gasteiger partial charge in [0.25, 0.3) is 5.69 Å². The van der Waals surface area contributed by atoms with Gasteiger partial charge >= 0.3 is 0 Å². The molecule has 0 heterocycles. The van der Waals surface area contributed by atoms with Crippen molar-refractivity contribution in [3.05, 3.63) is 69.8 Å². The van der Waals surface area contributed by atoms with Crippen LogP contribution in [0, 0.1) is 10.1 Å². The van der Waals surface area contributed by atoms with Gasteiger partial charge in [0.1, 0.15) is 5.75 Å². The van der Waals surface area contributed by atoms with Gasteiger partial charge in [-0.15, -0.1) is 0 Å². The Morgan fingerprint density at radius 1 is 1.15 bits per heavy atom. The number of benzene rings is 2. The van der Waals surface area contributed by atoms with E-state index in [0.717, 1.165) is 17.7 Å². The summed E-state index contributed by atoms with van der Waals surface area (Å²) < 4.78 is 5.74. The lowest BCUT2D eigenvalue weighted by molar-refractivity contribution is -0.384. The minimum atomic E-state index is -0.382. The third-order valence-corrected chi connectivity index (χ3v) is 3.13. The number of hydrogen-bond acceptors (Lipinski definition) is 3. The van der Waals surface area contributed by atoms with Gasteiger partial charge in [-0.2, -0.15) is 0 Å². The number of nitro benzene ring substituents is 1. The highest BCUT2D eigenvalue weighted by atomic mass is 16.6. The van der Waals surface area contributed by atoms with Crippen molar-refractivity contribution in [2.24, 2.45) is 0 Å². The van der Waals surface area contributed by atoms with Gasteiger partial charge in [0.05, 0.1) is 11.5 Å². The first kappa shape index (κ1) is 14.1. The molecule has 0 aliphatic rings. The number of aryl methyl sites for hydroxylation is 1. The second-order valence-electron chi connectivity index (χ2n) is 4.49. The van der Waals surface area contributed by atoms with E-state index in [4.69, 9.17) is 4.74 Å². The van der Waals surface area contributed by atoms with E-state index in [1.807, 2.05) is 25.1 Å². The van der Waals surface area contributed by atoms with Crippen molar-refractivity contribution in [1.82, 2.24) is 0 Å². The molecule has 0 aliphatic heterocycles. The summed E-state index contributed by atoms with van der Waals surface area (Å²) >= 11 is 0. The lowest BCUT2D eigenvalue weighted by atomic mass is 10.1. The molecule has 2 aromatic rings. The van der Waals surface area contributed by atoms with Gasteiger partial charge in [0.2, 0.25) is 0 Å².